The Kier molecular flexibility index (Phi) is 3.98. The number of rotatable bonds is 2. The maximum absolute atomic E-state index is 9.91. The number of aryl methyl sites for hydroxylation is 1. The van der Waals surface area contributed by atoms with Crippen LogP contribution < -0.4 is 0 Å². The number of aliphatic hydroxyl groups excluding tert-OH is 1. The molecular formula is C15H14OS. The lowest BCUT2D eigenvalue weighted by Gasteiger charge is -2.04. The third kappa shape index (κ3) is 3.20. The molecule has 0 radical (unpaired) electrons. The van der Waals surface area contributed by atoms with Crippen LogP contribution in [-0.4, -0.2) is 5.11 Å². The minimum atomic E-state index is -0.706. The van der Waals surface area contributed by atoms with Gasteiger partial charge in [0, 0.05) is 0 Å². The monoisotopic (exact) mass is 242 g/mol. The first kappa shape index (κ1) is 11.9. The van der Waals surface area contributed by atoms with Crippen LogP contribution in [0, 0.1) is 11.8 Å². The molecule has 1 aromatic carbocycles. The highest BCUT2D eigenvalue weighted by molar-refractivity contribution is 7.10. The molecule has 0 spiro atoms. The van der Waals surface area contributed by atoms with E-state index in [4.69, 9.17) is 0 Å². The molecule has 0 aliphatic heterocycles. The van der Waals surface area contributed by atoms with Crippen molar-refractivity contribution in [1.29, 1.82) is 0 Å². The highest BCUT2D eigenvalue weighted by Gasteiger charge is 2.02. The summed E-state index contributed by atoms with van der Waals surface area (Å²) in [5.74, 6) is 5.82. The van der Waals surface area contributed by atoms with E-state index >= 15 is 0 Å². The van der Waals surface area contributed by atoms with Crippen LogP contribution >= 0.6 is 11.3 Å². The molecule has 0 saturated carbocycles. The molecular weight excluding hydrogens is 228 g/mol. The van der Waals surface area contributed by atoms with E-state index in [1.165, 1.54) is 5.56 Å². The molecule has 1 unspecified atom stereocenters. The predicted octanol–water partition coefficient (Wildman–Crippen LogP) is 3.40. The summed E-state index contributed by atoms with van der Waals surface area (Å²) in [5, 5.41) is 11.9. The van der Waals surface area contributed by atoms with Crippen LogP contribution in [0.3, 0.4) is 0 Å². The van der Waals surface area contributed by atoms with E-state index in [0.29, 0.717) is 0 Å². The fourth-order valence-electron chi connectivity index (χ4n) is 1.51. The molecule has 2 aromatic rings. The average molecular weight is 242 g/mol. The first-order chi connectivity index (χ1) is 8.29. The average Bonchev–Trinajstić information content (AvgIpc) is 2.89. The van der Waals surface area contributed by atoms with E-state index in [1.807, 2.05) is 41.8 Å². The predicted molar refractivity (Wildman–Crippen MR) is 72.0 cm³/mol. The normalized spacial score (nSPS) is 11.6. The number of hydrogen-bond donors (Lipinski definition) is 1. The minimum absolute atomic E-state index is 0.706. The zero-order chi connectivity index (χ0) is 12.1. The highest BCUT2D eigenvalue weighted by Crippen LogP contribution is 2.14. The lowest BCUT2D eigenvalue weighted by Crippen LogP contribution is -1.93. The van der Waals surface area contributed by atoms with Gasteiger partial charge in [-0.3, -0.25) is 0 Å². The van der Waals surface area contributed by atoms with Gasteiger partial charge in [-0.15, -0.1) is 11.3 Å². The Balaban J connectivity index is 2.11. The summed E-state index contributed by atoms with van der Waals surface area (Å²) in [7, 11) is 0. The van der Waals surface area contributed by atoms with Crippen LogP contribution in [-0.2, 0) is 6.42 Å². The molecule has 1 N–H and O–H groups in total. The molecule has 1 nitrogen and oxygen atoms in total. The van der Waals surface area contributed by atoms with Gasteiger partial charge in [-0.05, 0) is 29.0 Å². The van der Waals surface area contributed by atoms with Crippen LogP contribution in [0.25, 0.3) is 0 Å². The first-order valence-corrected chi connectivity index (χ1v) is 6.49. The molecule has 2 rings (SSSR count). The summed E-state index contributed by atoms with van der Waals surface area (Å²) in [6.45, 7) is 2.11. The summed E-state index contributed by atoms with van der Waals surface area (Å²) in [4.78, 5) is 0.981. The molecule has 17 heavy (non-hydrogen) atoms. The Labute approximate surface area is 106 Å². The molecule has 0 saturated heterocycles. The third-order valence-corrected chi connectivity index (χ3v) is 3.34. The second-order valence-corrected chi connectivity index (χ2v) is 4.69. The molecule has 0 amide bonds. The maximum atomic E-state index is 9.91. The van der Waals surface area contributed by atoms with Crippen LogP contribution in [0.4, 0.5) is 0 Å². The Bertz CT molecular complexity index is 514. The van der Waals surface area contributed by atoms with Gasteiger partial charge in [-0.1, -0.05) is 49.1 Å². The Hall–Kier alpha value is -1.56. The van der Waals surface area contributed by atoms with Crippen molar-refractivity contribution in [3.63, 3.8) is 0 Å². The molecule has 0 aliphatic carbocycles. The topological polar surface area (TPSA) is 20.2 Å². The zero-order valence-electron chi connectivity index (χ0n) is 9.68. The lowest BCUT2D eigenvalue weighted by atomic mass is 10.1. The van der Waals surface area contributed by atoms with Crippen molar-refractivity contribution in [2.75, 3.05) is 0 Å². The van der Waals surface area contributed by atoms with Gasteiger partial charge in [0.05, 0.1) is 4.88 Å². The van der Waals surface area contributed by atoms with Gasteiger partial charge >= 0.3 is 0 Å². The number of thiophene rings is 1. The maximum Gasteiger partial charge on any atom is 0.140 e. The van der Waals surface area contributed by atoms with Gasteiger partial charge in [0.2, 0.25) is 0 Å². The van der Waals surface area contributed by atoms with Crippen molar-refractivity contribution in [2.24, 2.45) is 0 Å². The molecule has 0 fully saturated rings. The summed E-state index contributed by atoms with van der Waals surface area (Å²) in [6, 6.07) is 11.8. The second kappa shape index (κ2) is 5.67. The minimum Gasteiger partial charge on any atom is -0.376 e. The van der Waals surface area contributed by atoms with E-state index in [2.05, 4.69) is 18.8 Å². The van der Waals surface area contributed by atoms with Gasteiger partial charge in [0.25, 0.3) is 0 Å². The van der Waals surface area contributed by atoms with Gasteiger partial charge < -0.3 is 5.11 Å². The summed E-state index contributed by atoms with van der Waals surface area (Å²) in [6.07, 6.45) is 0.306. The fourth-order valence-corrected chi connectivity index (χ4v) is 2.09. The van der Waals surface area contributed by atoms with E-state index in [-0.39, 0.29) is 0 Å². The molecule has 1 heterocycles. The summed E-state index contributed by atoms with van der Waals surface area (Å²) < 4.78 is 0. The van der Waals surface area contributed by atoms with E-state index in [9.17, 15) is 5.11 Å². The van der Waals surface area contributed by atoms with E-state index < -0.39 is 6.10 Å². The van der Waals surface area contributed by atoms with Crippen molar-refractivity contribution in [3.05, 3.63) is 57.8 Å². The zero-order valence-corrected chi connectivity index (χ0v) is 10.5. The van der Waals surface area contributed by atoms with Crippen molar-refractivity contribution in [1.82, 2.24) is 0 Å². The number of benzene rings is 1. The van der Waals surface area contributed by atoms with Crippen LogP contribution in [0.1, 0.15) is 29.0 Å². The quantitative estimate of drug-likeness (QED) is 0.800. The molecule has 86 valence electrons. The third-order valence-electron chi connectivity index (χ3n) is 2.56. The standard InChI is InChI=1S/C15H14OS/c1-2-12-5-7-13(8-6-12)15(16)10-9-14-4-3-11-17-14/h3-8,11,15-16H,2H2,1H3. The SMILES string of the molecule is CCc1ccc(C(O)C#Cc2cccs2)cc1. The fraction of sp³-hybridized carbons (Fsp3) is 0.200. The van der Waals surface area contributed by atoms with E-state index in [0.717, 1.165) is 16.9 Å². The molecule has 1 atom stereocenters. The van der Waals surface area contributed by atoms with Crippen LogP contribution in [0.15, 0.2) is 41.8 Å². The van der Waals surface area contributed by atoms with Crippen molar-refractivity contribution >= 4 is 11.3 Å². The van der Waals surface area contributed by atoms with Gasteiger partial charge in [0.1, 0.15) is 6.10 Å². The Morgan fingerprint density at radius 2 is 2.00 bits per heavy atom. The van der Waals surface area contributed by atoms with Gasteiger partial charge in [0.15, 0.2) is 0 Å². The first-order valence-electron chi connectivity index (χ1n) is 5.61. The van der Waals surface area contributed by atoms with Gasteiger partial charge in [-0.2, -0.15) is 0 Å². The smallest absolute Gasteiger partial charge is 0.140 e. The van der Waals surface area contributed by atoms with Crippen LogP contribution in [0.5, 0.6) is 0 Å². The largest absolute Gasteiger partial charge is 0.376 e. The number of aliphatic hydroxyl groups is 1. The van der Waals surface area contributed by atoms with Gasteiger partial charge in [-0.25, -0.2) is 0 Å². The molecule has 0 bridgehead atoms. The molecule has 2 heteroatoms. The highest BCUT2D eigenvalue weighted by atomic mass is 32.1. The summed E-state index contributed by atoms with van der Waals surface area (Å²) in [5.41, 5.74) is 2.12. The van der Waals surface area contributed by atoms with Crippen molar-refractivity contribution in [3.8, 4) is 11.8 Å². The lowest BCUT2D eigenvalue weighted by molar-refractivity contribution is 0.238. The van der Waals surface area contributed by atoms with E-state index in [1.54, 1.807) is 11.3 Å². The molecule has 0 aliphatic rings. The number of hydrogen-bond acceptors (Lipinski definition) is 2. The summed E-state index contributed by atoms with van der Waals surface area (Å²) >= 11 is 1.58. The Morgan fingerprint density at radius 1 is 1.24 bits per heavy atom. The van der Waals surface area contributed by atoms with Crippen LogP contribution in [0.2, 0.25) is 0 Å². The molecule has 1 aromatic heterocycles. The van der Waals surface area contributed by atoms with Crippen molar-refractivity contribution in [2.45, 2.75) is 19.4 Å². The Morgan fingerprint density at radius 3 is 2.59 bits per heavy atom. The second-order valence-electron chi connectivity index (χ2n) is 3.74. The van der Waals surface area contributed by atoms with Crippen molar-refractivity contribution < 1.29 is 5.11 Å².